The van der Waals surface area contributed by atoms with Crippen LogP contribution in [-0.4, -0.2) is 42.6 Å². The van der Waals surface area contributed by atoms with E-state index in [4.69, 9.17) is 0 Å². The number of carbonyl (C=O) groups is 3. The number of ether oxygens (including phenoxy) is 1. The van der Waals surface area contributed by atoms with Gasteiger partial charge in [-0.05, 0) is 35.2 Å². The highest BCUT2D eigenvalue weighted by molar-refractivity contribution is 6.35. The van der Waals surface area contributed by atoms with Crippen molar-refractivity contribution in [1.82, 2.24) is 10.3 Å². The fourth-order valence-corrected chi connectivity index (χ4v) is 2.85. The van der Waals surface area contributed by atoms with Crippen molar-refractivity contribution in [3.8, 4) is 0 Å². The average molecular weight is 365 g/mol. The Bertz CT molecular complexity index is 890. The third-order valence-electron chi connectivity index (χ3n) is 4.32. The number of hydrazone groups is 1. The third kappa shape index (κ3) is 4.38. The Morgan fingerprint density at radius 2 is 1.78 bits per heavy atom. The quantitative estimate of drug-likeness (QED) is 0.386. The topological polar surface area (TPSA) is 88.1 Å². The molecule has 2 amide bonds. The van der Waals surface area contributed by atoms with Gasteiger partial charge in [-0.15, -0.1) is 0 Å². The first kappa shape index (κ1) is 18.3. The minimum Gasteiger partial charge on any atom is -0.465 e. The lowest BCUT2D eigenvalue weighted by molar-refractivity contribution is -0.146. The molecule has 0 atom stereocenters. The van der Waals surface area contributed by atoms with Crippen LogP contribution in [0.2, 0.25) is 0 Å². The summed E-state index contributed by atoms with van der Waals surface area (Å²) in [5.74, 6) is -1.82. The normalized spacial score (nSPS) is 13.1. The first-order valence-corrected chi connectivity index (χ1v) is 8.46. The van der Waals surface area contributed by atoms with Gasteiger partial charge in [-0.1, -0.05) is 36.4 Å². The maximum atomic E-state index is 12.3. The fraction of sp³-hybridized carbons (Fsp3) is 0.200. The van der Waals surface area contributed by atoms with E-state index in [1.165, 1.54) is 23.8 Å². The van der Waals surface area contributed by atoms with Crippen LogP contribution in [0.15, 0.2) is 53.6 Å². The van der Waals surface area contributed by atoms with Crippen LogP contribution in [0.5, 0.6) is 0 Å². The highest BCUT2D eigenvalue weighted by atomic mass is 16.5. The van der Waals surface area contributed by atoms with Crippen LogP contribution in [-0.2, 0) is 27.3 Å². The Morgan fingerprint density at radius 3 is 2.48 bits per heavy atom. The molecular weight excluding hydrogens is 346 g/mol. The second-order valence-electron chi connectivity index (χ2n) is 6.06. The first-order chi connectivity index (χ1) is 13.1. The molecule has 0 fully saturated rings. The number of esters is 1. The van der Waals surface area contributed by atoms with E-state index in [-0.39, 0.29) is 0 Å². The van der Waals surface area contributed by atoms with E-state index < -0.39 is 17.8 Å². The van der Waals surface area contributed by atoms with E-state index in [9.17, 15) is 14.4 Å². The summed E-state index contributed by atoms with van der Waals surface area (Å²) < 4.78 is 4.62. The number of methoxy groups -OCH3 is 1. The van der Waals surface area contributed by atoms with Crippen LogP contribution in [0.1, 0.15) is 27.0 Å². The fourth-order valence-electron chi connectivity index (χ4n) is 2.85. The molecule has 1 aliphatic rings. The first-order valence-electron chi connectivity index (χ1n) is 8.46. The molecule has 0 saturated heterocycles. The standard InChI is InChI=1S/C20H19N3O4/c1-27-20(26)16-8-6-14(7-9-16)12-21-22-18(24)19(25)23-11-10-15-4-2-3-5-17(15)13-23/h2-9,12H,10-11,13H2,1H3,(H,22,24)/b21-12-. The van der Waals surface area contributed by atoms with E-state index in [0.717, 1.165) is 12.0 Å². The largest absolute Gasteiger partial charge is 0.465 e. The predicted octanol–water partition coefficient (Wildman–Crippen LogP) is 1.51. The Kier molecular flexibility index (Phi) is 5.61. The predicted molar refractivity (Wildman–Crippen MR) is 99.1 cm³/mol. The minimum atomic E-state index is -0.781. The molecule has 3 rings (SSSR count). The number of nitrogens with one attached hydrogen (secondary N) is 1. The van der Waals surface area contributed by atoms with E-state index in [2.05, 4.69) is 15.3 Å². The number of benzene rings is 2. The Labute approximate surface area is 156 Å². The summed E-state index contributed by atoms with van der Waals surface area (Å²) in [6, 6.07) is 14.4. The van der Waals surface area contributed by atoms with Crippen molar-refractivity contribution < 1.29 is 19.1 Å². The Morgan fingerprint density at radius 1 is 1.07 bits per heavy atom. The van der Waals surface area contributed by atoms with Gasteiger partial charge in [-0.2, -0.15) is 5.10 Å². The van der Waals surface area contributed by atoms with E-state index in [1.807, 2.05) is 24.3 Å². The zero-order chi connectivity index (χ0) is 19.2. The molecule has 0 spiro atoms. The number of fused-ring (bicyclic) bond motifs is 1. The molecule has 0 unspecified atom stereocenters. The zero-order valence-corrected chi connectivity index (χ0v) is 14.8. The van der Waals surface area contributed by atoms with Gasteiger partial charge >= 0.3 is 17.8 Å². The molecule has 0 radical (unpaired) electrons. The third-order valence-corrected chi connectivity index (χ3v) is 4.32. The van der Waals surface area contributed by atoms with Crippen molar-refractivity contribution in [3.63, 3.8) is 0 Å². The highest BCUT2D eigenvalue weighted by Gasteiger charge is 2.25. The molecule has 2 aromatic carbocycles. The van der Waals surface area contributed by atoms with Gasteiger partial charge in [0.25, 0.3) is 0 Å². The summed E-state index contributed by atoms with van der Waals surface area (Å²) in [4.78, 5) is 37.2. The van der Waals surface area contributed by atoms with Gasteiger partial charge in [0.15, 0.2) is 0 Å². The molecule has 7 nitrogen and oxygen atoms in total. The summed E-state index contributed by atoms with van der Waals surface area (Å²) >= 11 is 0. The van der Waals surface area contributed by atoms with E-state index in [1.54, 1.807) is 24.3 Å². The lowest BCUT2D eigenvalue weighted by Crippen LogP contribution is -2.43. The van der Waals surface area contributed by atoms with Gasteiger partial charge in [0.2, 0.25) is 0 Å². The average Bonchev–Trinajstić information content (AvgIpc) is 2.72. The molecule has 7 heteroatoms. The minimum absolute atomic E-state index is 0.416. The summed E-state index contributed by atoms with van der Waals surface area (Å²) in [5.41, 5.74) is 5.59. The van der Waals surface area contributed by atoms with Crippen molar-refractivity contribution in [2.75, 3.05) is 13.7 Å². The van der Waals surface area contributed by atoms with Crippen molar-refractivity contribution in [2.45, 2.75) is 13.0 Å². The molecule has 138 valence electrons. The van der Waals surface area contributed by atoms with Gasteiger partial charge in [0, 0.05) is 13.1 Å². The molecular formula is C20H19N3O4. The smallest absolute Gasteiger partial charge is 0.337 e. The molecule has 2 aromatic rings. The molecule has 0 saturated carbocycles. The lowest BCUT2D eigenvalue weighted by Gasteiger charge is -2.27. The van der Waals surface area contributed by atoms with Crippen LogP contribution < -0.4 is 5.43 Å². The number of carbonyl (C=O) groups excluding carboxylic acids is 3. The van der Waals surface area contributed by atoms with Crippen molar-refractivity contribution in [2.24, 2.45) is 5.10 Å². The maximum Gasteiger partial charge on any atom is 0.337 e. The van der Waals surface area contributed by atoms with E-state index >= 15 is 0 Å². The van der Waals surface area contributed by atoms with Gasteiger partial charge in [-0.25, -0.2) is 10.2 Å². The molecule has 0 aliphatic carbocycles. The van der Waals surface area contributed by atoms with Gasteiger partial charge in [0.1, 0.15) is 0 Å². The van der Waals surface area contributed by atoms with Crippen LogP contribution in [0.3, 0.4) is 0 Å². The van der Waals surface area contributed by atoms with Gasteiger partial charge in [-0.3, -0.25) is 9.59 Å². The molecule has 0 aromatic heterocycles. The maximum absolute atomic E-state index is 12.3. The Balaban J connectivity index is 1.55. The highest BCUT2D eigenvalue weighted by Crippen LogP contribution is 2.18. The monoisotopic (exact) mass is 365 g/mol. The lowest BCUT2D eigenvalue weighted by atomic mass is 10.00. The molecule has 27 heavy (non-hydrogen) atoms. The number of rotatable bonds is 3. The number of amides is 2. The van der Waals surface area contributed by atoms with Gasteiger partial charge in [0.05, 0.1) is 18.9 Å². The number of nitrogens with zero attached hydrogens (tertiary/aromatic N) is 2. The number of hydrogen-bond acceptors (Lipinski definition) is 5. The van der Waals surface area contributed by atoms with Crippen LogP contribution in [0.4, 0.5) is 0 Å². The van der Waals surface area contributed by atoms with Crippen LogP contribution in [0, 0.1) is 0 Å². The van der Waals surface area contributed by atoms with Crippen molar-refractivity contribution >= 4 is 24.0 Å². The second kappa shape index (κ2) is 8.27. The van der Waals surface area contributed by atoms with E-state index in [0.29, 0.717) is 24.2 Å². The van der Waals surface area contributed by atoms with Crippen molar-refractivity contribution in [1.29, 1.82) is 0 Å². The molecule has 1 aliphatic heterocycles. The van der Waals surface area contributed by atoms with Crippen molar-refractivity contribution in [3.05, 3.63) is 70.8 Å². The van der Waals surface area contributed by atoms with Crippen LogP contribution >= 0.6 is 0 Å². The molecule has 1 N–H and O–H groups in total. The molecule has 0 bridgehead atoms. The second-order valence-corrected chi connectivity index (χ2v) is 6.06. The summed E-state index contributed by atoms with van der Waals surface area (Å²) in [6.07, 6.45) is 2.13. The SMILES string of the molecule is COC(=O)c1ccc(/C=N\NC(=O)C(=O)N2CCc3ccccc3C2)cc1. The van der Waals surface area contributed by atoms with Crippen LogP contribution in [0.25, 0.3) is 0 Å². The summed E-state index contributed by atoms with van der Waals surface area (Å²) in [6.45, 7) is 0.920. The summed E-state index contributed by atoms with van der Waals surface area (Å²) in [7, 11) is 1.31. The zero-order valence-electron chi connectivity index (χ0n) is 14.8. The number of hydrogen-bond donors (Lipinski definition) is 1. The van der Waals surface area contributed by atoms with Gasteiger partial charge < -0.3 is 9.64 Å². The Hall–Kier alpha value is -3.48. The summed E-state index contributed by atoms with van der Waals surface area (Å²) in [5, 5.41) is 3.81. The molecule has 1 heterocycles.